The van der Waals surface area contributed by atoms with Crippen LogP contribution in [0.3, 0.4) is 0 Å². The van der Waals surface area contributed by atoms with Gasteiger partial charge in [-0.3, -0.25) is 9.11 Å². The van der Waals surface area contributed by atoms with Gasteiger partial charge in [-0.15, -0.1) is 0 Å². The number of nitrogens with zero attached hydrogens (tertiary/aromatic N) is 1. The van der Waals surface area contributed by atoms with Crippen LogP contribution in [0.15, 0.2) is 35.2 Å². The molecule has 1 fully saturated rings. The Labute approximate surface area is 159 Å². The fourth-order valence-electron chi connectivity index (χ4n) is 3.34. The van der Waals surface area contributed by atoms with Crippen LogP contribution in [-0.2, 0) is 15.5 Å². The predicted molar refractivity (Wildman–Crippen MR) is 106 cm³/mol. The number of benzene rings is 1. The summed E-state index contributed by atoms with van der Waals surface area (Å²) < 4.78 is 17.9. The summed E-state index contributed by atoms with van der Waals surface area (Å²) in [6.07, 6.45) is 2.97. The highest BCUT2D eigenvalue weighted by Gasteiger charge is 2.29. The molecule has 1 aliphatic rings. The number of carbonyl (C=O) groups is 1. The first-order valence-corrected chi connectivity index (χ1v) is 10.7. The SMILES string of the molecule is CC(NC(=O)OC(C)(C)C)C1CCCCN1CCS(=O)c1ccccc1. The molecule has 1 saturated heterocycles. The van der Waals surface area contributed by atoms with Gasteiger partial charge in [0.25, 0.3) is 0 Å². The zero-order valence-electron chi connectivity index (χ0n) is 16.4. The molecule has 1 N–H and O–H groups in total. The van der Waals surface area contributed by atoms with Gasteiger partial charge in [0.1, 0.15) is 5.60 Å². The van der Waals surface area contributed by atoms with Crippen molar-refractivity contribution in [2.24, 2.45) is 0 Å². The van der Waals surface area contributed by atoms with Gasteiger partial charge < -0.3 is 10.1 Å². The zero-order chi connectivity index (χ0) is 19.2. The molecule has 0 bridgehead atoms. The molecule has 0 aliphatic carbocycles. The molecule has 146 valence electrons. The van der Waals surface area contributed by atoms with E-state index >= 15 is 0 Å². The quantitative estimate of drug-likeness (QED) is 0.820. The maximum absolute atomic E-state index is 12.5. The molecule has 1 aliphatic heterocycles. The molecular formula is C20H32N2O3S. The molecule has 0 radical (unpaired) electrons. The molecule has 3 atom stereocenters. The normalized spacial score (nSPS) is 21.0. The first kappa shape index (κ1) is 20.9. The van der Waals surface area contributed by atoms with Crippen LogP contribution in [0.1, 0.15) is 47.0 Å². The minimum atomic E-state index is -0.991. The van der Waals surface area contributed by atoms with E-state index in [1.54, 1.807) is 0 Å². The molecule has 6 heteroatoms. The number of hydrogen-bond acceptors (Lipinski definition) is 4. The van der Waals surface area contributed by atoms with Gasteiger partial charge in [0, 0.05) is 29.3 Å². The summed E-state index contributed by atoms with van der Waals surface area (Å²) in [5, 5.41) is 2.98. The van der Waals surface area contributed by atoms with Crippen LogP contribution in [0.5, 0.6) is 0 Å². The second-order valence-corrected chi connectivity index (χ2v) is 9.47. The molecule has 1 amide bonds. The van der Waals surface area contributed by atoms with Gasteiger partial charge in [0.05, 0.1) is 10.8 Å². The molecule has 2 rings (SSSR count). The fraction of sp³-hybridized carbons (Fsp3) is 0.650. The van der Waals surface area contributed by atoms with Crippen molar-refractivity contribution in [3.8, 4) is 0 Å². The van der Waals surface area contributed by atoms with Gasteiger partial charge in [-0.1, -0.05) is 24.6 Å². The van der Waals surface area contributed by atoms with Crippen LogP contribution in [0.2, 0.25) is 0 Å². The van der Waals surface area contributed by atoms with Crippen LogP contribution < -0.4 is 5.32 Å². The first-order chi connectivity index (χ1) is 12.3. The second-order valence-electron chi connectivity index (χ2n) is 7.90. The van der Waals surface area contributed by atoms with Crippen molar-refractivity contribution in [3.05, 3.63) is 30.3 Å². The van der Waals surface area contributed by atoms with Crippen molar-refractivity contribution in [3.63, 3.8) is 0 Å². The van der Waals surface area contributed by atoms with Gasteiger partial charge in [-0.05, 0) is 59.2 Å². The fourth-order valence-corrected chi connectivity index (χ4v) is 4.44. The number of carbonyl (C=O) groups excluding carboxylic acids is 1. The standard InChI is InChI=1S/C20H32N2O3S/c1-16(21-19(23)25-20(2,3)4)18-12-8-9-13-22(18)14-15-26(24)17-10-6-5-7-11-17/h5-7,10-11,16,18H,8-9,12-15H2,1-4H3,(H,21,23). The van der Waals surface area contributed by atoms with Crippen molar-refractivity contribution in [2.75, 3.05) is 18.8 Å². The number of nitrogens with one attached hydrogen (secondary N) is 1. The Morgan fingerprint density at radius 1 is 1.31 bits per heavy atom. The third-order valence-electron chi connectivity index (χ3n) is 4.56. The van der Waals surface area contributed by atoms with Gasteiger partial charge in [-0.2, -0.15) is 0 Å². The smallest absolute Gasteiger partial charge is 0.407 e. The van der Waals surface area contributed by atoms with Crippen molar-refractivity contribution in [2.45, 2.75) is 69.5 Å². The molecule has 3 unspecified atom stereocenters. The van der Waals surface area contributed by atoms with Crippen LogP contribution in [0.25, 0.3) is 0 Å². The Balaban J connectivity index is 1.90. The highest BCUT2D eigenvalue weighted by Crippen LogP contribution is 2.20. The number of likely N-dealkylation sites (tertiary alicyclic amines) is 1. The van der Waals surface area contributed by atoms with E-state index in [9.17, 15) is 9.00 Å². The molecule has 26 heavy (non-hydrogen) atoms. The molecule has 0 aromatic heterocycles. The third-order valence-corrected chi connectivity index (χ3v) is 5.91. The van der Waals surface area contributed by atoms with E-state index in [1.165, 1.54) is 0 Å². The number of alkyl carbamates (subject to hydrolysis) is 1. The minimum absolute atomic E-state index is 0.00434. The first-order valence-electron chi connectivity index (χ1n) is 9.43. The van der Waals surface area contributed by atoms with Crippen molar-refractivity contribution in [1.29, 1.82) is 0 Å². The van der Waals surface area contributed by atoms with Crippen LogP contribution in [-0.4, -0.2) is 51.7 Å². The van der Waals surface area contributed by atoms with E-state index in [4.69, 9.17) is 4.74 Å². The van der Waals surface area contributed by atoms with E-state index in [0.717, 1.165) is 37.2 Å². The topological polar surface area (TPSA) is 58.6 Å². The summed E-state index contributed by atoms with van der Waals surface area (Å²) in [5.41, 5.74) is -0.497. The highest BCUT2D eigenvalue weighted by atomic mass is 32.2. The lowest BCUT2D eigenvalue weighted by Crippen LogP contribution is -2.53. The summed E-state index contributed by atoms with van der Waals surface area (Å²) in [6, 6.07) is 9.85. The number of piperidine rings is 1. The summed E-state index contributed by atoms with van der Waals surface area (Å²) in [6.45, 7) is 9.37. The summed E-state index contributed by atoms with van der Waals surface area (Å²) >= 11 is 0. The van der Waals surface area contributed by atoms with Gasteiger partial charge in [-0.25, -0.2) is 4.79 Å². The van der Waals surface area contributed by atoms with E-state index in [2.05, 4.69) is 10.2 Å². The largest absolute Gasteiger partial charge is 0.444 e. The van der Waals surface area contributed by atoms with Crippen molar-refractivity contribution < 1.29 is 13.7 Å². The Morgan fingerprint density at radius 2 is 2.00 bits per heavy atom. The maximum atomic E-state index is 12.5. The van der Waals surface area contributed by atoms with Gasteiger partial charge in [0.15, 0.2) is 0 Å². The Morgan fingerprint density at radius 3 is 2.65 bits per heavy atom. The Bertz CT molecular complexity index is 601. The lowest BCUT2D eigenvalue weighted by molar-refractivity contribution is 0.0448. The van der Waals surface area contributed by atoms with Crippen LogP contribution in [0, 0.1) is 0 Å². The number of rotatable bonds is 6. The number of amides is 1. The van der Waals surface area contributed by atoms with Crippen LogP contribution >= 0.6 is 0 Å². The molecule has 1 aromatic rings. The lowest BCUT2D eigenvalue weighted by atomic mass is 9.96. The molecule has 1 heterocycles. The van der Waals surface area contributed by atoms with Crippen LogP contribution in [0.4, 0.5) is 4.79 Å². The molecule has 5 nitrogen and oxygen atoms in total. The monoisotopic (exact) mass is 380 g/mol. The molecule has 1 aromatic carbocycles. The van der Waals surface area contributed by atoms with Gasteiger partial charge in [0.2, 0.25) is 0 Å². The van der Waals surface area contributed by atoms with Gasteiger partial charge >= 0.3 is 6.09 Å². The minimum Gasteiger partial charge on any atom is -0.444 e. The van der Waals surface area contributed by atoms with Crippen molar-refractivity contribution >= 4 is 16.9 Å². The molecular weight excluding hydrogens is 348 g/mol. The lowest BCUT2D eigenvalue weighted by Gasteiger charge is -2.39. The predicted octanol–water partition coefficient (Wildman–Crippen LogP) is 3.56. The molecule has 0 spiro atoms. The third kappa shape index (κ3) is 6.72. The van der Waals surface area contributed by atoms with E-state index < -0.39 is 16.4 Å². The van der Waals surface area contributed by atoms with E-state index in [0.29, 0.717) is 5.75 Å². The van der Waals surface area contributed by atoms with E-state index in [1.807, 2.05) is 58.0 Å². The average molecular weight is 381 g/mol. The number of ether oxygens (including phenoxy) is 1. The summed E-state index contributed by atoms with van der Waals surface area (Å²) in [7, 11) is -0.991. The Hall–Kier alpha value is -1.40. The zero-order valence-corrected chi connectivity index (χ0v) is 17.2. The number of hydrogen-bond donors (Lipinski definition) is 1. The van der Waals surface area contributed by atoms with Crippen molar-refractivity contribution in [1.82, 2.24) is 10.2 Å². The summed E-state index contributed by atoms with van der Waals surface area (Å²) in [4.78, 5) is 15.3. The average Bonchev–Trinajstić information content (AvgIpc) is 2.59. The molecule has 0 saturated carbocycles. The highest BCUT2D eigenvalue weighted by molar-refractivity contribution is 7.85. The summed E-state index contributed by atoms with van der Waals surface area (Å²) in [5.74, 6) is 0.611. The second kappa shape index (κ2) is 9.51. The maximum Gasteiger partial charge on any atom is 0.407 e. The Kier molecular flexibility index (Phi) is 7.65. The van der Waals surface area contributed by atoms with E-state index in [-0.39, 0.29) is 18.2 Å².